The third-order valence-electron chi connectivity index (χ3n) is 4.30. The molecule has 1 aliphatic heterocycles. The third kappa shape index (κ3) is 4.98. The minimum Gasteiger partial charge on any atom is -0.376 e. The molecule has 1 aromatic heterocycles. The first-order valence-electron chi connectivity index (χ1n) is 8.81. The number of ether oxygens (including phenoxy) is 1. The van der Waals surface area contributed by atoms with Gasteiger partial charge >= 0.3 is 0 Å². The minimum absolute atomic E-state index is 0.0361. The third-order valence-corrected chi connectivity index (χ3v) is 4.30. The molecule has 0 radical (unpaired) electrons. The van der Waals surface area contributed by atoms with Crippen molar-refractivity contribution in [3.63, 3.8) is 0 Å². The van der Waals surface area contributed by atoms with Crippen LogP contribution >= 0.6 is 0 Å². The Labute approximate surface area is 157 Å². The zero-order valence-electron chi connectivity index (χ0n) is 15.0. The van der Waals surface area contributed by atoms with E-state index in [1.165, 1.54) is 25.3 Å². The maximum absolute atomic E-state index is 12.5. The average molecular weight is 367 g/mol. The summed E-state index contributed by atoms with van der Waals surface area (Å²) < 4.78 is 5.47. The molecule has 0 aliphatic carbocycles. The fourth-order valence-corrected chi connectivity index (χ4v) is 2.82. The summed E-state index contributed by atoms with van der Waals surface area (Å²) in [6.07, 6.45) is 3.38. The van der Waals surface area contributed by atoms with Crippen molar-refractivity contribution >= 4 is 23.3 Å². The van der Waals surface area contributed by atoms with Crippen LogP contribution in [0.4, 0.5) is 5.69 Å². The van der Waals surface area contributed by atoms with Gasteiger partial charge in [-0.1, -0.05) is 12.1 Å². The van der Waals surface area contributed by atoms with Crippen LogP contribution in [0.3, 0.4) is 0 Å². The van der Waals surface area contributed by atoms with Gasteiger partial charge in [-0.2, -0.15) is 0 Å². The number of anilines is 1. The van der Waals surface area contributed by atoms with Gasteiger partial charge in [-0.05, 0) is 44.0 Å². The second-order valence-corrected chi connectivity index (χ2v) is 6.37. The molecule has 1 unspecified atom stereocenters. The van der Waals surface area contributed by atoms with Gasteiger partial charge in [0.05, 0.1) is 6.10 Å². The molecule has 0 saturated carbocycles. The number of benzene rings is 1. The number of hydrogen-bond acceptors (Lipinski definition) is 5. The quantitative estimate of drug-likeness (QED) is 0.765. The largest absolute Gasteiger partial charge is 0.376 e. The number of Topliss-reactive ketones (excluding diaryl/α,β-unsaturated/α-hetero) is 1. The van der Waals surface area contributed by atoms with E-state index in [9.17, 15) is 14.4 Å². The summed E-state index contributed by atoms with van der Waals surface area (Å²) in [7, 11) is 0. The summed E-state index contributed by atoms with van der Waals surface area (Å²) in [4.78, 5) is 40.2. The first-order valence-corrected chi connectivity index (χ1v) is 8.81. The number of nitrogens with one attached hydrogen (secondary N) is 2. The zero-order chi connectivity index (χ0) is 19.2. The molecular weight excluding hydrogens is 346 g/mol. The number of nitrogens with zero attached hydrogens (tertiary/aromatic N) is 1. The van der Waals surface area contributed by atoms with Crippen LogP contribution in [0.15, 0.2) is 42.6 Å². The van der Waals surface area contributed by atoms with Gasteiger partial charge in [0.1, 0.15) is 5.69 Å². The Balaban J connectivity index is 1.65. The fraction of sp³-hybridized carbons (Fsp3) is 0.300. The van der Waals surface area contributed by atoms with Crippen molar-refractivity contribution in [2.24, 2.45) is 0 Å². The normalized spacial score (nSPS) is 16.0. The lowest BCUT2D eigenvalue weighted by molar-refractivity contribution is 0.0853. The molecule has 1 aliphatic rings. The number of rotatable bonds is 6. The van der Waals surface area contributed by atoms with Crippen LogP contribution in [0, 0.1) is 0 Å². The van der Waals surface area contributed by atoms with Crippen molar-refractivity contribution in [1.29, 1.82) is 0 Å². The van der Waals surface area contributed by atoms with Gasteiger partial charge < -0.3 is 15.4 Å². The van der Waals surface area contributed by atoms with E-state index in [4.69, 9.17) is 4.74 Å². The minimum atomic E-state index is -0.383. The Morgan fingerprint density at radius 1 is 1.15 bits per heavy atom. The number of pyridine rings is 1. The lowest BCUT2D eigenvalue weighted by Gasteiger charge is -2.11. The zero-order valence-corrected chi connectivity index (χ0v) is 15.0. The van der Waals surface area contributed by atoms with Crippen LogP contribution < -0.4 is 10.6 Å². The molecule has 140 valence electrons. The first kappa shape index (κ1) is 18.7. The highest BCUT2D eigenvalue weighted by atomic mass is 16.5. The Kier molecular flexibility index (Phi) is 5.93. The van der Waals surface area contributed by atoms with Gasteiger partial charge in [0.25, 0.3) is 11.8 Å². The highest BCUT2D eigenvalue weighted by molar-refractivity contribution is 6.06. The van der Waals surface area contributed by atoms with Crippen molar-refractivity contribution in [2.45, 2.75) is 25.9 Å². The summed E-state index contributed by atoms with van der Waals surface area (Å²) in [5.74, 6) is -0.815. The molecule has 2 aromatic rings. The van der Waals surface area contributed by atoms with Crippen molar-refractivity contribution in [3.8, 4) is 0 Å². The second-order valence-electron chi connectivity index (χ2n) is 6.37. The molecule has 2 amide bonds. The van der Waals surface area contributed by atoms with Crippen molar-refractivity contribution in [3.05, 3.63) is 59.4 Å². The number of aromatic nitrogens is 1. The standard InChI is InChI=1S/C20H21N3O4/c1-13(24)14-4-2-5-16(10-14)23-19(25)15-7-8-21-18(11-15)20(26)22-12-17-6-3-9-27-17/h2,4-5,7-8,10-11,17H,3,6,9,12H2,1H3,(H,22,26)(H,23,25). The van der Waals surface area contributed by atoms with Crippen LogP contribution in [-0.4, -0.2) is 41.8 Å². The molecule has 1 atom stereocenters. The molecule has 27 heavy (non-hydrogen) atoms. The van der Waals surface area contributed by atoms with E-state index in [-0.39, 0.29) is 29.4 Å². The molecule has 3 rings (SSSR count). The van der Waals surface area contributed by atoms with Crippen LogP contribution in [0.2, 0.25) is 0 Å². The van der Waals surface area contributed by atoms with Crippen LogP contribution in [0.25, 0.3) is 0 Å². The summed E-state index contributed by atoms with van der Waals surface area (Å²) >= 11 is 0. The predicted molar refractivity (Wildman–Crippen MR) is 99.9 cm³/mol. The van der Waals surface area contributed by atoms with E-state index >= 15 is 0 Å². The highest BCUT2D eigenvalue weighted by Crippen LogP contribution is 2.14. The first-order chi connectivity index (χ1) is 13.0. The molecule has 0 bridgehead atoms. The Morgan fingerprint density at radius 3 is 2.74 bits per heavy atom. The van der Waals surface area contributed by atoms with Crippen molar-refractivity contribution in [1.82, 2.24) is 10.3 Å². The number of ketones is 1. The van der Waals surface area contributed by atoms with Gasteiger partial charge in [-0.25, -0.2) is 0 Å². The topological polar surface area (TPSA) is 97.4 Å². The number of amides is 2. The predicted octanol–water partition coefficient (Wildman–Crippen LogP) is 2.45. The van der Waals surface area contributed by atoms with Crippen LogP contribution in [0.1, 0.15) is 51.0 Å². The van der Waals surface area contributed by atoms with E-state index in [2.05, 4.69) is 15.6 Å². The Hall–Kier alpha value is -3.06. The van der Waals surface area contributed by atoms with Crippen molar-refractivity contribution in [2.75, 3.05) is 18.5 Å². The van der Waals surface area contributed by atoms with Gasteiger partial charge in [-0.3, -0.25) is 19.4 Å². The molecule has 7 heteroatoms. The summed E-state index contributed by atoms with van der Waals surface area (Å²) in [5.41, 5.74) is 1.49. The van der Waals surface area contributed by atoms with Crippen LogP contribution in [-0.2, 0) is 4.74 Å². The average Bonchev–Trinajstić information content (AvgIpc) is 3.20. The van der Waals surface area contributed by atoms with E-state index in [0.717, 1.165) is 19.4 Å². The molecule has 7 nitrogen and oxygen atoms in total. The molecule has 1 aromatic carbocycles. The van der Waals surface area contributed by atoms with E-state index < -0.39 is 0 Å². The van der Waals surface area contributed by atoms with Crippen molar-refractivity contribution < 1.29 is 19.1 Å². The number of hydrogen-bond donors (Lipinski definition) is 2. The monoisotopic (exact) mass is 367 g/mol. The summed E-state index contributed by atoms with van der Waals surface area (Å²) in [5, 5.41) is 5.51. The van der Waals surface area contributed by atoms with E-state index in [1.54, 1.807) is 24.3 Å². The molecule has 0 spiro atoms. The summed E-state index contributed by atoms with van der Waals surface area (Å²) in [6.45, 7) is 2.61. The molecule has 2 heterocycles. The second kappa shape index (κ2) is 8.55. The number of carbonyl (C=O) groups excluding carboxylic acids is 3. The lowest BCUT2D eigenvalue weighted by atomic mass is 10.1. The number of carbonyl (C=O) groups is 3. The fourth-order valence-electron chi connectivity index (χ4n) is 2.82. The SMILES string of the molecule is CC(=O)c1cccc(NC(=O)c2ccnc(C(=O)NCC3CCCO3)c2)c1. The van der Waals surface area contributed by atoms with Gasteiger partial charge in [0.2, 0.25) is 0 Å². The molecule has 1 fully saturated rings. The van der Waals surface area contributed by atoms with Crippen LogP contribution in [0.5, 0.6) is 0 Å². The van der Waals surface area contributed by atoms with E-state index in [0.29, 0.717) is 23.4 Å². The molecule has 2 N–H and O–H groups in total. The summed E-state index contributed by atoms with van der Waals surface area (Å²) in [6, 6.07) is 9.65. The smallest absolute Gasteiger partial charge is 0.269 e. The Bertz CT molecular complexity index is 860. The Morgan fingerprint density at radius 2 is 2.00 bits per heavy atom. The lowest BCUT2D eigenvalue weighted by Crippen LogP contribution is -2.32. The molecule has 1 saturated heterocycles. The van der Waals surface area contributed by atoms with Gasteiger partial charge in [0.15, 0.2) is 5.78 Å². The van der Waals surface area contributed by atoms with Gasteiger partial charge in [-0.15, -0.1) is 0 Å². The highest BCUT2D eigenvalue weighted by Gasteiger charge is 2.18. The maximum atomic E-state index is 12.5. The van der Waals surface area contributed by atoms with E-state index in [1.807, 2.05) is 0 Å². The van der Waals surface area contributed by atoms with Gasteiger partial charge in [0, 0.05) is 36.2 Å². The maximum Gasteiger partial charge on any atom is 0.269 e. The molecular formula is C20H21N3O4.